The molecule has 1 saturated heterocycles. The van der Waals surface area contributed by atoms with Crippen LogP contribution in [0.1, 0.15) is 37.8 Å². The zero-order valence-corrected chi connectivity index (χ0v) is 20.4. The number of hydrogen-bond acceptors (Lipinski definition) is 8. The summed E-state index contributed by atoms with van der Waals surface area (Å²) in [7, 11) is -3.29. The summed E-state index contributed by atoms with van der Waals surface area (Å²) in [6.07, 6.45) is 3.16. The van der Waals surface area contributed by atoms with E-state index in [1.165, 1.54) is 0 Å². The Hall–Kier alpha value is -2.76. The second-order valence-corrected chi connectivity index (χ2v) is 11.8. The van der Waals surface area contributed by atoms with Crippen molar-refractivity contribution in [1.29, 1.82) is 0 Å². The number of aliphatic hydroxyl groups excluding tert-OH is 1. The van der Waals surface area contributed by atoms with Gasteiger partial charge in [-0.3, -0.25) is 0 Å². The van der Waals surface area contributed by atoms with Gasteiger partial charge in [-0.05, 0) is 56.4 Å². The van der Waals surface area contributed by atoms with Gasteiger partial charge in [0.05, 0.1) is 24.2 Å². The Morgan fingerprint density at radius 3 is 2.49 bits per heavy atom. The smallest absolute Gasteiger partial charge is 0.319 e. The lowest BCUT2D eigenvalue weighted by atomic mass is 10.1. The highest BCUT2D eigenvalue weighted by Gasteiger charge is 2.61. The van der Waals surface area contributed by atoms with Gasteiger partial charge in [0.25, 0.3) is 0 Å². The minimum atomic E-state index is -3.29. The number of nitrogens with zero attached hydrogens (tertiary/aromatic N) is 3. The van der Waals surface area contributed by atoms with Crippen molar-refractivity contribution in [2.45, 2.75) is 42.1 Å². The Kier molecular flexibility index (Phi) is 6.65. The molecule has 188 valence electrons. The van der Waals surface area contributed by atoms with Crippen LogP contribution in [0.15, 0.2) is 30.3 Å². The summed E-state index contributed by atoms with van der Waals surface area (Å²) in [5, 5.41) is 14.0. The highest BCUT2D eigenvalue weighted by Crippen LogP contribution is 2.57. The molecule has 0 bridgehead atoms. The van der Waals surface area contributed by atoms with Crippen molar-refractivity contribution in [3.05, 3.63) is 36.0 Å². The molecule has 0 radical (unpaired) electrons. The van der Waals surface area contributed by atoms with Crippen LogP contribution in [0, 0.1) is 0 Å². The van der Waals surface area contributed by atoms with Crippen LogP contribution in [0.3, 0.4) is 0 Å². The molecule has 3 aliphatic rings. The number of carbonyl (C=O) groups excluding carboxylic acids is 1. The molecule has 0 spiro atoms. The number of sulfone groups is 1. The largest absolute Gasteiger partial charge is 0.396 e. The molecule has 1 aromatic heterocycles. The van der Waals surface area contributed by atoms with Crippen LogP contribution in [0.4, 0.5) is 16.3 Å². The molecule has 10 nitrogen and oxygen atoms in total. The average molecular weight is 502 g/mol. The molecule has 0 atom stereocenters. The van der Waals surface area contributed by atoms with Gasteiger partial charge in [0.1, 0.15) is 10.6 Å². The summed E-state index contributed by atoms with van der Waals surface area (Å²) in [5.74, 6) is 1.19. The number of benzene rings is 1. The third-order valence-corrected chi connectivity index (χ3v) is 9.80. The standard InChI is InChI=1S/C24H31N5O5S/c30-13-1-10-25-23(31)26-18-4-2-17(3-5-18)22-27-20(16-21(28-22)29-11-14-34-15-12-29)24(8-9-24)35(32,33)19-6-7-19/h2-5,16,19,30H,1,6-15H2,(H2,25,26,31). The third kappa shape index (κ3) is 4.98. The zero-order valence-electron chi connectivity index (χ0n) is 19.6. The summed E-state index contributed by atoms with van der Waals surface area (Å²) in [4.78, 5) is 23.7. The summed E-state index contributed by atoms with van der Waals surface area (Å²) in [6.45, 7) is 2.97. The number of amides is 2. The number of ether oxygens (including phenoxy) is 1. The summed E-state index contributed by atoms with van der Waals surface area (Å²) in [6, 6.07) is 8.67. The number of hydrogen-bond donors (Lipinski definition) is 3. The molecule has 1 aliphatic heterocycles. The Bertz CT molecular complexity index is 1170. The highest BCUT2D eigenvalue weighted by atomic mass is 32.2. The van der Waals surface area contributed by atoms with Crippen molar-refractivity contribution >= 4 is 27.4 Å². The fourth-order valence-corrected chi connectivity index (χ4v) is 6.87. The molecule has 35 heavy (non-hydrogen) atoms. The quantitative estimate of drug-likeness (QED) is 0.445. The van der Waals surface area contributed by atoms with E-state index in [1.807, 2.05) is 18.2 Å². The van der Waals surface area contributed by atoms with E-state index in [4.69, 9.17) is 19.8 Å². The number of rotatable bonds is 9. The van der Waals surface area contributed by atoms with Gasteiger partial charge < -0.3 is 25.4 Å². The minimum absolute atomic E-state index is 0.0176. The SMILES string of the molecule is O=C(NCCCO)Nc1ccc(-c2nc(N3CCOCC3)cc(C3(S(=O)(=O)C4CC4)CC3)n2)cc1. The van der Waals surface area contributed by atoms with E-state index in [-0.39, 0.29) is 17.9 Å². The number of urea groups is 1. The first-order valence-electron chi connectivity index (χ1n) is 12.1. The molecule has 2 amide bonds. The molecular formula is C24H31N5O5S. The van der Waals surface area contributed by atoms with E-state index in [9.17, 15) is 13.2 Å². The van der Waals surface area contributed by atoms with Gasteiger partial charge in [0.15, 0.2) is 15.7 Å². The molecule has 2 saturated carbocycles. The Balaban J connectivity index is 1.43. The van der Waals surface area contributed by atoms with Gasteiger partial charge >= 0.3 is 6.03 Å². The number of aliphatic hydroxyl groups is 1. The molecule has 3 N–H and O–H groups in total. The van der Waals surface area contributed by atoms with E-state index < -0.39 is 14.6 Å². The average Bonchev–Trinajstić information content (AvgIpc) is 3.78. The predicted molar refractivity (Wildman–Crippen MR) is 132 cm³/mol. The van der Waals surface area contributed by atoms with E-state index in [0.717, 1.165) is 24.2 Å². The van der Waals surface area contributed by atoms with Crippen LogP contribution in [-0.2, 0) is 19.3 Å². The van der Waals surface area contributed by atoms with Gasteiger partial charge in [-0.15, -0.1) is 0 Å². The summed E-state index contributed by atoms with van der Waals surface area (Å²) < 4.78 is 31.2. The van der Waals surface area contributed by atoms with Crippen LogP contribution < -0.4 is 15.5 Å². The monoisotopic (exact) mass is 501 g/mol. The Labute approximate surface area is 205 Å². The van der Waals surface area contributed by atoms with Gasteiger partial charge in [-0.1, -0.05) is 0 Å². The van der Waals surface area contributed by atoms with E-state index in [2.05, 4.69) is 15.5 Å². The van der Waals surface area contributed by atoms with E-state index >= 15 is 0 Å². The lowest BCUT2D eigenvalue weighted by molar-refractivity contribution is 0.122. The fourth-order valence-electron chi connectivity index (χ4n) is 4.41. The molecule has 2 heterocycles. The number of carbonyl (C=O) groups is 1. The van der Waals surface area contributed by atoms with Gasteiger partial charge in [0.2, 0.25) is 0 Å². The Morgan fingerprint density at radius 2 is 1.86 bits per heavy atom. The van der Waals surface area contributed by atoms with Crippen LogP contribution >= 0.6 is 0 Å². The molecule has 3 fully saturated rings. The first kappa shape index (κ1) is 24.0. The fraction of sp³-hybridized carbons (Fsp3) is 0.542. The third-order valence-electron chi connectivity index (χ3n) is 6.75. The second kappa shape index (κ2) is 9.71. The molecule has 2 aliphatic carbocycles. The van der Waals surface area contributed by atoms with Crippen LogP contribution in [0.25, 0.3) is 11.4 Å². The zero-order chi connectivity index (χ0) is 24.5. The maximum atomic E-state index is 13.3. The van der Waals surface area contributed by atoms with Crippen molar-refractivity contribution in [3.63, 3.8) is 0 Å². The molecule has 11 heteroatoms. The highest BCUT2D eigenvalue weighted by molar-refractivity contribution is 7.93. The lowest BCUT2D eigenvalue weighted by Crippen LogP contribution is -2.37. The van der Waals surface area contributed by atoms with Crippen molar-refractivity contribution in [2.24, 2.45) is 0 Å². The minimum Gasteiger partial charge on any atom is -0.396 e. The van der Waals surface area contributed by atoms with E-state index in [1.54, 1.807) is 12.1 Å². The topological polar surface area (TPSA) is 134 Å². The maximum Gasteiger partial charge on any atom is 0.319 e. The first-order valence-corrected chi connectivity index (χ1v) is 13.7. The summed E-state index contributed by atoms with van der Waals surface area (Å²) >= 11 is 0. The second-order valence-electron chi connectivity index (χ2n) is 9.31. The number of morpholine rings is 1. The van der Waals surface area contributed by atoms with Crippen LogP contribution in [0.2, 0.25) is 0 Å². The maximum absolute atomic E-state index is 13.3. The predicted octanol–water partition coefficient (Wildman–Crippen LogP) is 2.05. The van der Waals surface area contributed by atoms with Crippen molar-refractivity contribution < 1.29 is 23.1 Å². The van der Waals surface area contributed by atoms with Crippen molar-refractivity contribution in [2.75, 3.05) is 49.7 Å². The lowest BCUT2D eigenvalue weighted by Gasteiger charge is -2.29. The summed E-state index contributed by atoms with van der Waals surface area (Å²) in [5.41, 5.74) is 1.93. The number of nitrogens with one attached hydrogen (secondary N) is 2. The van der Waals surface area contributed by atoms with E-state index in [0.29, 0.717) is 69.3 Å². The molecule has 5 rings (SSSR count). The normalized spacial score (nSPS) is 19.3. The molecule has 2 aromatic rings. The molecule has 0 unspecified atom stereocenters. The van der Waals surface area contributed by atoms with Crippen molar-refractivity contribution in [1.82, 2.24) is 15.3 Å². The molecule has 1 aromatic carbocycles. The van der Waals surface area contributed by atoms with Crippen LogP contribution in [-0.4, -0.2) is 74.2 Å². The number of aromatic nitrogens is 2. The van der Waals surface area contributed by atoms with Crippen molar-refractivity contribution in [3.8, 4) is 11.4 Å². The van der Waals surface area contributed by atoms with Gasteiger partial charge in [-0.2, -0.15) is 0 Å². The Morgan fingerprint density at radius 1 is 1.14 bits per heavy atom. The van der Waals surface area contributed by atoms with Gasteiger partial charge in [-0.25, -0.2) is 23.2 Å². The number of anilines is 2. The first-order chi connectivity index (χ1) is 16.9. The van der Waals surface area contributed by atoms with Crippen LogP contribution in [0.5, 0.6) is 0 Å². The van der Waals surface area contributed by atoms with Gasteiger partial charge in [0, 0.05) is 43.6 Å². The molecular weight excluding hydrogens is 470 g/mol.